The highest BCUT2D eigenvalue weighted by atomic mass is 16.6. The number of aliphatic carboxylic acids is 1. The minimum Gasteiger partial charge on any atom is -0.492 e. The van der Waals surface area contributed by atoms with Crippen LogP contribution in [0.5, 0.6) is 5.75 Å². The van der Waals surface area contributed by atoms with Crippen molar-refractivity contribution in [3.63, 3.8) is 0 Å². The number of nitrogens with zero attached hydrogens (tertiary/aromatic N) is 1. The smallest absolute Gasteiger partial charge is 0.408 e. The van der Waals surface area contributed by atoms with Crippen LogP contribution in [0, 0.1) is 11.3 Å². The van der Waals surface area contributed by atoms with Crippen molar-refractivity contribution in [1.82, 2.24) is 10.2 Å². The summed E-state index contributed by atoms with van der Waals surface area (Å²) in [5.74, 6) is 0.0681. The van der Waals surface area contributed by atoms with Gasteiger partial charge in [0.25, 0.3) is 0 Å². The Labute approximate surface area is 194 Å². The topological polar surface area (TPSA) is 88.1 Å². The fourth-order valence-electron chi connectivity index (χ4n) is 4.45. The van der Waals surface area contributed by atoms with E-state index in [0.717, 1.165) is 43.6 Å². The molecule has 7 heteroatoms. The molecule has 0 aliphatic carbocycles. The number of carbonyl (C=O) groups is 2. The number of fused-ring (bicyclic) bond motifs is 3. The first kappa shape index (κ1) is 23.1. The number of ether oxygens (including phenoxy) is 2. The predicted molar refractivity (Wildman–Crippen MR) is 124 cm³/mol. The first-order valence-corrected chi connectivity index (χ1v) is 11.5. The number of hydrogen-bond acceptors (Lipinski definition) is 5. The number of carbonyl (C=O) groups excluding carboxylic acids is 1. The van der Waals surface area contributed by atoms with E-state index in [1.165, 1.54) is 0 Å². The van der Waals surface area contributed by atoms with E-state index >= 15 is 0 Å². The lowest BCUT2D eigenvalue weighted by atomic mass is 9.86. The van der Waals surface area contributed by atoms with Gasteiger partial charge < -0.3 is 19.9 Å². The van der Waals surface area contributed by atoms with Gasteiger partial charge in [0.05, 0.1) is 11.5 Å². The average molecular weight is 453 g/mol. The fraction of sp³-hybridized carbons (Fsp3) is 0.462. The predicted octanol–water partition coefficient (Wildman–Crippen LogP) is 4.09. The summed E-state index contributed by atoms with van der Waals surface area (Å²) in [6.45, 7) is 6.26. The van der Waals surface area contributed by atoms with Crippen LogP contribution in [-0.4, -0.2) is 54.4 Å². The molecule has 3 aliphatic heterocycles. The van der Waals surface area contributed by atoms with Gasteiger partial charge in [-0.05, 0) is 69.0 Å². The van der Waals surface area contributed by atoms with Gasteiger partial charge in [-0.25, -0.2) is 4.79 Å². The minimum atomic E-state index is -1.01. The van der Waals surface area contributed by atoms with E-state index in [9.17, 15) is 14.7 Å². The third-order valence-electron chi connectivity index (χ3n) is 6.62. The highest BCUT2D eigenvalue weighted by Crippen LogP contribution is 2.31. The summed E-state index contributed by atoms with van der Waals surface area (Å²) in [6.07, 6.45) is 1.65. The van der Waals surface area contributed by atoms with E-state index in [0.29, 0.717) is 11.7 Å². The maximum Gasteiger partial charge on any atom is 0.408 e. The Morgan fingerprint density at radius 3 is 2.42 bits per heavy atom. The second kappa shape index (κ2) is 9.83. The third kappa shape index (κ3) is 5.66. The Bertz CT molecular complexity index is 970. The van der Waals surface area contributed by atoms with Crippen molar-refractivity contribution < 1.29 is 24.2 Å². The molecule has 3 saturated heterocycles. The number of carboxylic acid groups (broad SMARTS) is 1. The summed E-state index contributed by atoms with van der Waals surface area (Å²) in [4.78, 5) is 26.7. The molecule has 2 atom stereocenters. The summed E-state index contributed by atoms with van der Waals surface area (Å²) < 4.78 is 11.6. The van der Waals surface area contributed by atoms with Gasteiger partial charge in [0, 0.05) is 6.54 Å². The van der Waals surface area contributed by atoms with Gasteiger partial charge in [0.2, 0.25) is 0 Å². The van der Waals surface area contributed by atoms with Crippen LogP contribution in [0.25, 0.3) is 0 Å². The molecule has 33 heavy (non-hydrogen) atoms. The van der Waals surface area contributed by atoms with Crippen molar-refractivity contribution in [2.75, 3.05) is 26.2 Å². The van der Waals surface area contributed by atoms with Crippen molar-refractivity contribution >= 4 is 12.1 Å². The van der Waals surface area contributed by atoms with Crippen LogP contribution in [0.4, 0.5) is 4.79 Å². The molecule has 2 N–H and O–H groups in total. The highest BCUT2D eigenvalue weighted by molar-refractivity contribution is 5.73. The zero-order valence-electron chi connectivity index (χ0n) is 19.2. The summed E-state index contributed by atoms with van der Waals surface area (Å²) >= 11 is 0. The fourth-order valence-corrected chi connectivity index (χ4v) is 4.45. The molecule has 7 nitrogen and oxygen atoms in total. The quantitative estimate of drug-likeness (QED) is 0.627. The van der Waals surface area contributed by atoms with E-state index in [-0.39, 0.29) is 12.7 Å². The Morgan fingerprint density at radius 2 is 1.79 bits per heavy atom. The number of carboxylic acids is 1. The maximum atomic E-state index is 12.9. The molecule has 1 unspecified atom stereocenters. The average Bonchev–Trinajstić information content (AvgIpc) is 2.83. The number of hydrogen-bond donors (Lipinski definition) is 2. The molecule has 5 rings (SSSR count). The molecule has 176 valence electrons. The van der Waals surface area contributed by atoms with Crippen molar-refractivity contribution in [1.29, 1.82) is 0 Å². The largest absolute Gasteiger partial charge is 0.492 e. The van der Waals surface area contributed by atoms with Crippen molar-refractivity contribution in [3.8, 4) is 5.75 Å². The van der Waals surface area contributed by atoms with Gasteiger partial charge in [-0.2, -0.15) is 0 Å². The van der Waals surface area contributed by atoms with Crippen LogP contribution in [0.1, 0.15) is 43.9 Å². The number of benzene rings is 2. The number of rotatable bonds is 8. The van der Waals surface area contributed by atoms with Crippen molar-refractivity contribution in [2.45, 2.75) is 38.8 Å². The Balaban J connectivity index is 1.49. The first-order valence-electron chi connectivity index (χ1n) is 11.5. The van der Waals surface area contributed by atoms with Crippen LogP contribution >= 0.6 is 0 Å². The standard InChI is InChI=1S/C26H32N2O5/c1-26(2,24(29)30)17-32-21-10-6-9-20(15-21)23(19-7-4-3-5-8-19)27-25(31)33-22-16-28-13-11-18(22)12-14-28/h3-10,15,18,22-23H,11-14,16-17H2,1-2H3,(H,27,31)(H,29,30)/t22-,23?/m0/s1. The molecule has 0 radical (unpaired) electrons. The lowest BCUT2D eigenvalue weighted by Gasteiger charge is -2.43. The molecule has 0 spiro atoms. The van der Waals surface area contributed by atoms with E-state index in [1.807, 2.05) is 48.5 Å². The summed E-state index contributed by atoms with van der Waals surface area (Å²) in [7, 11) is 0. The molecule has 3 aliphatic rings. The van der Waals surface area contributed by atoms with Gasteiger partial charge in [0.15, 0.2) is 0 Å². The monoisotopic (exact) mass is 452 g/mol. The Morgan fingerprint density at radius 1 is 1.09 bits per heavy atom. The van der Waals surface area contributed by atoms with Crippen LogP contribution in [0.2, 0.25) is 0 Å². The van der Waals surface area contributed by atoms with Crippen LogP contribution in [-0.2, 0) is 9.53 Å². The highest BCUT2D eigenvalue weighted by Gasteiger charge is 2.37. The van der Waals surface area contributed by atoms with Crippen LogP contribution in [0.3, 0.4) is 0 Å². The molecule has 2 bridgehead atoms. The van der Waals surface area contributed by atoms with Gasteiger partial charge in [0.1, 0.15) is 18.5 Å². The van der Waals surface area contributed by atoms with Gasteiger partial charge in [-0.15, -0.1) is 0 Å². The van der Waals surface area contributed by atoms with E-state index in [4.69, 9.17) is 9.47 Å². The molecular formula is C26H32N2O5. The maximum absolute atomic E-state index is 12.9. The minimum absolute atomic E-state index is 0.0385. The van der Waals surface area contributed by atoms with Gasteiger partial charge in [-0.3, -0.25) is 9.69 Å². The second-order valence-electron chi connectivity index (χ2n) is 9.62. The van der Waals surface area contributed by atoms with Crippen molar-refractivity contribution in [3.05, 3.63) is 65.7 Å². The molecule has 1 amide bonds. The molecule has 3 fully saturated rings. The number of amides is 1. The molecular weight excluding hydrogens is 420 g/mol. The van der Waals surface area contributed by atoms with E-state index in [1.54, 1.807) is 19.9 Å². The van der Waals surface area contributed by atoms with Gasteiger partial charge in [-0.1, -0.05) is 42.5 Å². The Hall–Kier alpha value is -3.06. The third-order valence-corrected chi connectivity index (χ3v) is 6.62. The van der Waals surface area contributed by atoms with Crippen molar-refractivity contribution in [2.24, 2.45) is 11.3 Å². The summed E-state index contributed by atoms with van der Waals surface area (Å²) in [5, 5.41) is 12.4. The molecule has 0 saturated carbocycles. The molecule has 2 aromatic carbocycles. The first-order chi connectivity index (χ1) is 15.8. The van der Waals surface area contributed by atoms with Crippen LogP contribution < -0.4 is 10.1 Å². The number of piperidine rings is 3. The van der Waals surface area contributed by atoms with E-state index in [2.05, 4.69) is 10.2 Å². The lowest BCUT2D eigenvalue weighted by molar-refractivity contribution is -0.148. The second-order valence-corrected chi connectivity index (χ2v) is 9.62. The molecule has 3 heterocycles. The zero-order chi connectivity index (χ0) is 23.4. The van der Waals surface area contributed by atoms with Crippen LogP contribution in [0.15, 0.2) is 54.6 Å². The SMILES string of the molecule is CC(C)(COc1cccc(C(NC(=O)O[C@H]2CN3CCC2CC3)c2ccccc2)c1)C(=O)O. The molecule has 2 aromatic rings. The lowest BCUT2D eigenvalue weighted by Crippen LogP contribution is -2.52. The van der Waals surface area contributed by atoms with E-state index < -0.39 is 23.5 Å². The summed E-state index contributed by atoms with van der Waals surface area (Å²) in [6, 6.07) is 16.7. The zero-order valence-corrected chi connectivity index (χ0v) is 19.2. The molecule has 0 aromatic heterocycles. The Kier molecular flexibility index (Phi) is 6.88. The normalized spacial score (nSPS) is 22.9. The number of nitrogens with one attached hydrogen (secondary N) is 1. The van der Waals surface area contributed by atoms with Gasteiger partial charge >= 0.3 is 12.1 Å². The summed E-state index contributed by atoms with van der Waals surface area (Å²) in [5.41, 5.74) is 0.746. The number of alkyl carbamates (subject to hydrolysis) is 1.